The van der Waals surface area contributed by atoms with Crippen molar-refractivity contribution in [2.75, 3.05) is 25.0 Å². The van der Waals surface area contributed by atoms with E-state index in [0.717, 1.165) is 13.1 Å². The number of quaternary nitrogens is 1. The van der Waals surface area contributed by atoms with Crippen LogP contribution in [0.1, 0.15) is 25.7 Å². The second kappa shape index (κ2) is 7.01. The highest BCUT2D eigenvalue weighted by Crippen LogP contribution is 2.18. The van der Waals surface area contributed by atoms with Gasteiger partial charge in [0.2, 0.25) is 0 Å². The number of carbonyl (C=O) groups is 1. The maximum Gasteiger partial charge on any atom is 0.279 e. The summed E-state index contributed by atoms with van der Waals surface area (Å²) in [5, 5.41) is 2.65. The average Bonchev–Trinajstić information content (AvgIpc) is 2.61. The summed E-state index contributed by atoms with van der Waals surface area (Å²) in [6.45, 7) is 2.50. The summed E-state index contributed by atoms with van der Waals surface area (Å²) >= 11 is 3.19. The van der Waals surface area contributed by atoms with Gasteiger partial charge in [-0.3, -0.25) is 4.79 Å². The molecule has 0 aliphatic carbocycles. The van der Waals surface area contributed by atoms with Gasteiger partial charge in [0, 0.05) is 4.47 Å². The van der Waals surface area contributed by atoms with Gasteiger partial charge < -0.3 is 10.2 Å². The molecule has 104 valence electrons. The second-order valence-electron chi connectivity index (χ2n) is 5.01. The molecule has 0 saturated carbocycles. The molecule has 0 radical (unpaired) electrons. The third kappa shape index (κ3) is 4.58. The van der Waals surface area contributed by atoms with Gasteiger partial charge in [0.05, 0.1) is 18.8 Å². The molecule has 1 aliphatic heterocycles. The van der Waals surface area contributed by atoms with E-state index in [4.69, 9.17) is 0 Å². The number of likely N-dealkylation sites (tertiary alicyclic amines) is 1. The number of hydrogen-bond donors (Lipinski definition) is 2. The first-order valence-corrected chi connectivity index (χ1v) is 7.53. The van der Waals surface area contributed by atoms with Crippen molar-refractivity contribution in [3.8, 4) is 0 Å². The lowest BCUT2D eigenvalue weighted by Crippen LogP contribution is -3.12. The number of rotatable bonds is 3. The molecule has 5 heteroatoms. The van der Waals surface area contributed by atoms with Crippen molar-refractivity contribution in [1.29, 1.82) is 0 Å². The van der Waals surface area contributed by atoms with Gasteiger partial charge in [0.1, 0.15) is 5.82 Å². The molecule has 1 aromatic rings. The Morgan fingerprint density at radius 3 is 2.58 bits per heavy atom. The predicted molar refractivity (Wildman–Crippen MR) is 76.8 cm³/mol. The minimum atomic E-state index is -0.409. The summed E-state index contributed by atoms with van der Waals surface area (Å²) in [6.07, 6.45) is 4.86. The SMILES string of the molecule is O=C(C[NH+]1CCCCCC1)Nc1ccc(Br)cc1F. The molecular weight excluding hydrogens is 311 g/mol. The zero-order valence-corrected chi connectivity index (χ0v) is 12.4. The zero-order chi connectivity index (χ0) is 13.7. The Morgan fingerprint density at radius 1 is 1.26 bits per heavy atom. The highest BCUT2D eigenvalue weighted by atomic mass is 79.9. The minimum Gasteiger partial charge on any atom is -0.327 e. The molecule has 2 rings (SSSR count). The van der Waals surface area contributed by atoms with Crippen molar-refractivity contribution in [3.05, 3.63) is 28.5 Å². The van der Waals surface area contributed by atoms with Crippen LogP contribution in [0.4, 0.5) is 10.1 Å². The summed E-state index contributed by atoms with van der Waals surface area (Å²) in [6, 6.07) is 4.65. The van der Waals surface area contributed by atoms with Gasteiger partial charge >= 0.3 is 0 Å². The fourth-order valence-corrected chi connectivity index (χ4v) is 2.75. The van der Waals surface area contributed by atoms with E-state index in [-0.39, 0.29) is 11.6 Å². The number of hydrogen-bond acceptors (Lipinski definition) is 1. The van der Waals surface area contributed by atoms with Crippen LogP contribution >= 0.6 is 15.9 Å². The molecular formula is C14H19BrFN2O+. The number of carbonyl (C=O) groups excluding carboxylic acids is 1. The summed E-state index contributed by atoms with van der Waals surface area (Å²) < 4.78 is 14.3. The number of nitrogens with one attached hydrogen (secondary N) is 2. The molecule has 1 heterocycles. The number of halogens is 2. The third-order valence-electron chi connectivity index (χ3n) is 3.43. The Hall–Kier alpha value is -0.940. The van der Waals surface area contributed by atoms with Crippen molar-refractivity contribution >= 4 is 27.5 Å². The molecule has 1 aromatic carbocycles. The van der Waals surface area contributed by atoms with Crippen LogP contribution in [0, 0.1) is 5.82 Å². The highest BCUT2D eigenvalue weighted by molar-refractivity contribution is 9.10. The van der Waals surface area contributed by atoms with Crippen molar-refractivity contribution in [3.63, 3.8) is 0 Å². The topological polar surface area (TPSA) is 33.5 Å². The number of anilines is 1. The molecule has 0 unspecified atom stereocenters. The van der Waals surface area contributed by atoms with Gasteiger partial charge in [-0.15, -0.1) is 0 Å². The largest absolute Gasteiger partial charge is 0.327 e. The Balaban J connectivity index is 1.89. The maximum absolute atomic E-state index is 13.6. The summed E-state index contributed by atoms with van der Waals surface area (Å²) in [4.78, 5) is 13.2. The third-order valence-corrected chi connectivity index (χ3v) is 3.92. The monoisotopic (exact) mass is 329 g/mol. The van der Waals surface area contributed by atoms with E-state index in [1.807, 2.05) is 0 Å². The summed E-state index contributed by atoms with van der Waals surface area (Å²) in [7, 11) is 0. The van der Waals surface area contributed by atoms with Crippen LogP contribution in [-0.4, -0.2) is 25.5 Å². The minimum absolute atomic E-state index is 0.113. The molecule has 0 atom stereocenters. The summed E-state index contributed by atoms with van der Waals surface area (Å²) in [5.41, 5.74) is 0.252. The van der Waals surface area contributed by atoms with Gasteiger partial charge in [-0.2, -0.15) is 0 Å². The van der Waals surface area contributed by atoms with Gasteiger partial charge in [-0.05, 0) is 43.9 Å². The van der Waals surface area contributed by atoms with Crippen LogP contribution in [0.5, 0.6) is 0 Å². The van der Waals surface area contributed by atoms with Crippen molar-refractivity contribution in [2.24, 2.45) is 0 Å². The second-order valence-corrected chi connectivity index (χ2v) is 5.93. The molecule has 1 fully saturated rings. The van der Waals surface area contributed by atoms with Crippen LogP contribution in [0.25, 0.3) is 0 Å². The van der Waals surface area contributed by atoms with Crippen LogP contribution in [-0.2, 0) is 4.79 Å². The van der Waals surface area contributed by atoms with E-state index < -0.39 is 5.82 Å². The van der Waals surface area contributed by atoms with E-state index in [1.54, 1.807) is 12.1 Å². The fraction of sp³-hybridized carbons (Fsp3) is 0.500. The lowest BCUT2D eigenvalue weighted by molar-refractivity contribution is -0.890. The molecule has 2 N–H and O–H groups in total. The van der Waals surface area contributed by atoms with Crippen LogP contribution in [0.15, 0.2) is 22.7 Å². The van der Waals surface area contributed by atoms with Gasteiger partial charge in [0.25, 0.3) is 5.91 Å². The Bertz CT molecular complexity index is 445. The molecule has 0 spiro atoms. The smallest absolute Gasteiger partial charge is 0.279 e. The van der Waals surface area contributed by atoms with E-state index in [1.165, 1.54) is 36.6 Å². The van der Waals surface area contributed by atoms with Crippen molar-refractivity contribution in [1.82, 2.24) is 0 Å². The van der Waals surface area contributed by atoms with E-state index in [2.05, 4.69) is 21.2 Å². The van der Waals surface area contributed by atoms with Crippen LogP contribution in [0.3, 0.4) is 0 Å². The first kappa shape index (κ1) is 14.5. The lowest BCUT2D eigenvalue weighted by Gasteiger charge is -2.16. The molecule has 0 aromatic heterocycles. The molecule has 1 aliphatic rings. The van der Waals surface area contributed by atoms with E-state index >= 15 is 0 Å². The Labute approximate surface area is 121 Å². The first-order valence-electron chi connectivity index (χ1n) is 6.73. The standard InChI is InChI=1S/C14H18BrFN2O/c15-11-5-6-13(12(16)9-11)17-14(19)10-18-7-3-1-2-4-8-18/h5-6,9H,1-4,7-8,10H2,(H,17,19)/p+1. The molecule has 1 saturated heterocycles. The van der Waals surface area contributed by atoms with Gasteiger partial charge in [-0.25, -0.2) is 4.39 Å². The molecule has 1 amide bonds. The zero-order valence-electron chi connectivity index (χ0n) is 10.8. The highest BCUT2D eigenvalue weighted by Gasteiger charge is 2.17. The fourth-order valence-electron chi connectivity index (χ4n) is 2.42. The predicted octanol–water partition coefficient (Wildman–Crippen LogP) is 1.99. The molecule has 19 heavy (non-hydrogen) atoms. The molecule has 3 nitrogen and oxygen atoms in total. The quantitative estimate of drug-likeness (QED) is 0.873. The Morgan fingerprint density at radius 2 is 1.95 bits per heavy atom. The summed E-state index contributed by atoms with van der Waals surface area (Å²) in [5.74, 6) is -0.522. The van der Waals surface area contributed by atoms with Crippen molar-refractivity contribution < 1.29 is 14.1 Å². The lowest BCUT2D eigenvalue weighted by atomic mass is 10.2. The van der Waals surface area contributed by atoms with Gasteiger partial charge in [0.15, 0.2) is 6.54 Å². The maximum atomic E-state index is 13.6. The number of benzene rings is 1. The van der Waals surface area contributed by atoms with Crippen molar-refractivity contribution in [2.45, 2.75) is 25.7 Å². The number of amides is 1. The average molecular weight is 330 g/mol. The van der Waals surface area contributed by atoms with E-state index in [9.17, 15) is 9.18 Å². The Kier molecular flexibility index (Phi) is 5.34. The van der Waals surface area contributed by atoms with Gasteiger partial charge in [-0.1, -0.05) is 15.9 Å². The normalized spacial score (nSPS) is 16.9. The molecule has 0 bridgehead atoms. The van der Waals surface area contributed by atoms with Crippen LogP contribution in [0.2, 0.25) is 0 Å². The van der Waals surface area contributed by atoms with Crippen LogP contribution < -0.4 is 10.2 Å². The first-order chi connectivity index (χ1) is 9.15. The van der Waals surface area contributed by atoms with E-state index in [0.29, 0.717) is 11.0 Å².